The summed E-state index contributed by atoms with van der Waals surface area (Å²) in [5.41, 5.74) is -4.57. The molecule has 0 aliphatic heterocycles. The zero-order chi connectivity index (χ0) is 16.5. The lowest BCUT2D eigenvalue weighted by Gasteiger charge is -2.29. The number of alkyl halides is 6. The van der Waals surface area contributed by atoms with Crippen LogP contribution in [0.25, 0.3) is 0 Å². The Morgan fingerprint density at radius 1 is 1.14 bits per heavy atom. The quantitative estimate of drug-likeness (QED) is 0.273. The molecule has 0 bridgehead atoms. The van der Waals surface area contributed by atoms with Crippen molar-refractivity contribution < 1.29 is 26.4 Å². The predicted octanol–water partition coefficient (Wildman–Crippen LogP) is 6.02. The molecular weight excluding hydrogens is 351 g/mol. The van der Waals surface area contributed by atoms with Crippen LogP contribution in [-0.4, -0.2) is 19.2 Å². The maximum atomic E-state index is 13.5. The molecule has 0 spiro atoms. The van der Waals surface area contributed by atoms with E-state index in [2.05, 4.69) is 0 Å². The summed E-state index contributed by atoms with van der Waals surface area (Å²) in [6.07, 6.45) is -1.78. The molecule has 0 fully saturated rings. The van der Waals surface area contributed by atoms with Crippen molar-refractivity contribution in [1.82, 2.24) is 0 Å². The molecule has 0 aliphatic rings. The molecule has 21 heavy (non-hydrogen) atoms. The molecule has 1 unspecified atom stereocenters. The summed E-state index contributed by atoms with van der Waals surface area (Å²) in [4.78, 5) is -0.190. The molecular formula is C12H14ClF5OSSi. The van der Waals surface area contributed by atoms with Gasteiger partial charge in [-0.15, -0.1) is 0 Å². The molecule has 0 aromatic heterocycles. The first-order valence-electron chi connectivity index (χ1n) is 5.88. The summed E-state index contributed by atoms with van der Waals surface area (Å²) in [7, 11) is -2.37. The third-order valence-corrected chi connectivity index (χ3v) is 4.03. The molecule has 1 nitrogen and oxygen atoms in total. The minimum atomic E-state index is -4.49. The smallest absolute Gasteiger partial charge is 0.404 e. The number of hydrogen-bond acceptors (Lipinski definition) is 2. The van der Waals surface area contributed by atoms with Gasteiger partial charge in [-0.3, -0.25) is 0 Å². The van der Waals surface area contributed by atoms with Gasteiger partial charge in [-0.2, -0.15) is 22.0 Å². The summed E-state index contributed by atoms with van der Waals surface area (Å²) >= 11 is 4.69. The maximum Gasteiger partial charge on any atom is 0.446 e. The summed E-state index contributed by atoms with van der Waals surface area (Å²) in [6, 6.07) is 4.77. The Kier molecular flexibility index (Phi) is 5.74. The molecule has 0 N–H and O–H groups in total. The molecule has 0 amide bonds. The van der Waals surface area contributed by atoms with Crippen LogP contribution in [0.2, 0.25) is 19.6 Å². The zero-order valence-electron chi connectivity index (χ0n) is 11.5. The van der Waals surface area contributed by atoms with E-state index in [1.807, 2.05) is 0 Å². The van der Waals surface area contributed by atoms with Crippen LogP contribution in [0, 0.1) is 0 Å². The Morgan fingerprint density at radius 3 is 2.14 bits per heavy atom. The van der Waals surface area contributed by atoms with Gasteiger partial charge in [0.05, 0.1) is 0 Å². The van der Waals surface area contributed by atoms with Crippen LogP contribution in [0.3, 0.4) is 0 Å². The maximum absolute atomic E-state index is 13.5. The lowest BCUT2D eigenvalue weighted by molar-refractivity contribution is -0.0331. The first kappa shape index (κ1) is 18.7. The van der Waals surface area contributed by atoms with E-state index in [9.17, 15) is 22.0 Å². The summed E-state index contributed by atoms with van der Waals surface area (Å²) in [5.74, 6) is 0. The van der Waals surface area contributed by atoms with E-state index in [0.29, 0.717) is 0 Å². The van der Waals surface area contributed by atoms with Crippen LogP contribution in [0.4, 0.5) is 22.0 Å². The van der Waals surface area contributed by atoms with E-state index >= 15 is 0 Å². The normalized spacial score (nSPS) is 15.1. The van der Waals surface area contributed by atoms with Gasteiger partial charge < -0.3 is 4.43 Å². The van der Waals surface area contributed by atoms with E-state index in [4.69, 9.17) is 16.0 Å². The van der Waals surface area contributed by atoms with Gasteiger partial charge in [0.1, 0.15) is 6.10 Å². The molecule has 0 radical (unpaired) electrons. The lowest BCUT2D eigenvalue weighted by Crippen LogP contribution is -2.34. The summed E-state index contributed by atoms with van der Waals surface area (Å²) < 4.78 is 69.4. The van der Waals surface area contributed by atoms with Gasteiger partial charge in [-0.1, -0.05) is 12.1 Å². The van der Waals surface area contributed by atoms with Crippen molar-refractivity contribution in [3.05, 3.63) is 29.8 Å². The fraction of sp³-hybridized carbons (Fsp3) is 0.500. The molecule has 1 atom stereocenters. The van der Waals surface area contributed by atoms with Crippen molar-refractivity contribution in [2.24, 2.45) is 0 Å². The van der Waals surface area contributed by atoms with Gasteiger partial charge in [0.2, 0.25) is 0 Å². The Morgan fingerprint density at radius 2 is 1.71 bits per heavy atom. The van der Waals surface area contributed by atoms with Gasteiger partial charge in [0, 0.05) is 4.90 Å². The predicted molar refractivity (Wildman–Crippen MR) is 76.3 cm³/mol. The van der Waals surface area contributed by atoms with Crippen molar-refractivity contribution in [3.63, 3.8) is 0 Å². The number of halogens is 6. The average molecular weight is 365 g/mol. The second-order valence-corrected chi connectivity index (χ2v) is 11.4. The van der Waals surface area contributed by atoms with Gasteiger partial charge in [0.15, 0.2) is 8.32 Å². The molecule has 120 valence electrons. The van der Waals surface area contributed by atoms with Crippen molar-refractivity contribution in [2.75, 3.05) is 0 Å². The first-order valence-corrected chi connectivity index (χ1v) is 10.5. The van der Waals surface area contributed by atoms with E-state index in [1.54, 1.807) is 19.6 Å². The third kappa shape index (κ3) is 6.99. The molecule has 1 rings (SSSR count). The monoisotopic (exact) mass is 364 g/mol. The standard InChI is InChI=1S/C12H14ClF5OSSi/c1-21(2,3)19-10(11(13,14)15)8-5-4-6-9(7-8)20-12(16,17)18/h4-7,10H,1-3H3. The SMILES string of the molecule is C[Si](C)(C)OC(c1cccc(SC(F)(F)F)c1)C(F)(F)Cl. The van der Waals surface area contributed by atoms with E-state index in [-0.39, 0.29) is 22.2 Å². The van der Waals surface area contributed by atoms with Crippen LogP contribution in [0.1, 0.15) is 11.7 Å². The second-order valence-electron chi connectivity index (χ2n) is 5.27. The highest BCUT2D eigenvalue weighted by Crippen LogP contribution is 2.42. The minimum absolute atomic E-state index is 0.0772. The number of thioether (sulfide) groups is 1. The Bertz CT molecular complexity index is 484. The zero-order valence-corrected chi connectivity index (χ0v) is 14.0. The van der Waals surface area contributed by atoms with Crippen molar-refractivity contribution in [1.29, 1.82) is 0 Å². The highest BCUT2D eigenvalue weighted by Gasteiger charge is 2.42. The first-order chi connectivity index (χ1) is 9.28. The summed E-state index contributed by atoms with van der Waals surface area (Å²) in [5, 5.41) is -3.71. The number of rotatable bonds is 5. The molecule has 0 aliphatic carbocycles. The number of benzene rings is 1. The van der Waals surface area contributed by atoms with Crippen LogP contribution >= 0.6 is 23.4 Å². The van der Waals surface area contributed by atoms with Gasteiger partial charge >= 0.3 is 10.9 Å². The van der Waals surface area contributed by atoms with Crippen LogP contribution in [0.15, 0.2) is 29.2 Å². The van der Waals surface area contributed by atoms with Crippen LogP contribution < -0.4 is 0 Å². The van der Waals surface area contributed by atoms with Gasteiger partial charge in [0.25, 0.3) is 0 Å². The average Bonchev–Trinajstić information content (AvgIpc) is 2.21. The van der Waals surface area contributed by atoms with Gasteiger partial charge in [-0.25, -0.2) is 0 Å². The van der Waals surface area contributed by atoms with Crippen LogP contribution in [0.5, 0.6) is 0 Å². The van der Waals surface area contributed by atoms with Crippen molar-refractivity contribution in [2.45, 2.75) is 41.5 Å². The molecule has 0 saturated carbocycles. The fourth-order valence-electron chi connectivity index (χ4n) is 1.55. The lowest BCUT2D eigenvalue weighted by atomic mass is 10.1. The molecule has 9 heteroatoms. The van der Waals surface area contributed by atoms with E-state index < -0.39 is 25.3 Å². The summed E-state index contributed by atoms with van der Waals surface area (Å²) in [6.45, 7) is 5.07. The Hall–Kier alpha value is -0.313. The molecule has 0 saturated heterocycles. The molecule has 1 aromatic carbocycles. The molecule has 0 heterocycles. The minimum Gasteiger partial charge on any atom is -0.404 e. The fourth-order valence-corrected chi connectivity index (χ4v) is 3.40. The third-order valence-electron chi connectivity index (χ3n) is 2.16. The second kappa shape index (κ2) is 6.43. The van der Waals surface area contributed by atoms with E-state index in [1.165, 1.54) is 18.2 Å². The molecule has 1 aromatic rings. The van der Waals surface area contributed by atoms with Gasteiger partial charge in [-0.05, 0) is 60.7 Å². The largest absolute Gasteiger partial charge is 0.446 e. The van der Waals surface area contributed by atoms with Crippen molar-refractivity contribution in [3.8, 4) is 0 Å². The van der Waals surface area contributed by atoms with Crippen molar-refractivity contribution >= 4 is 31.7 Å². The Balaban J connectivity index is 3.11. The highest BCUT2D eigenvalue weighted by atomic mass is 35.5. The van der Waals surface area contributed by atoms with Crippen LogP contribution in [-0.2, 0) is 4.43 Å². The Labute approximate surface area is 129 Å². The topological polar surface area (TPSA) is 9.23 Å². The van der Waals surface area contributed by atoms with E-state index in [0.717, 1.165) is 6.07 Å². The number of hydrogen-bond donors (Lipinski definition) is 0. The highest BCUT2D eigenvalue weighted by molar-refractivity contribution is 8.00.